The average molecular weight is 756 g/mol. The number of hydrogen-bond donors (Lipinski definition) is 2. The van der Waals surface area contributed by atoms with Gasteiger partial charge in [-0.05, 0) is 30.7 Å². The summed E-state index contributed by atoms with van der Waals surface area (Å²) in [5.41, 5.74) is -6.91. The van der Waals surface area contributed by atoms with E-state index < -0.39 is 95.2 Å². The lowest BCUT2D eigenvalue weighted by molar-refractivity contribution is -0.571. The molecule has 2 unspecified atom stereocenters. The molecule has 3 aliphatic carbocycles. The van der Waals surface area contributed by atoms with Crippen LogP contribution >= 0.6 is 23.2 Å². The topological polar surface area (TPSA) is 160 Å². The van der Waals surface area contributed by atoms with Crippen molar-refractivity contribution in [3.8, 4) is 0 Å². The van der Waals surface area contributed by atoms with Gasteiger partial charge in [0, 0.05) is 36.5 Å². The van der Waals surface area contributed by atoms with Gasteiger partial charge in [0.2, 0.25) is 0 Å². The van der Waals surface area contributed by atoms with Crippen molar-refractivity contribution in [2.24, 2.45) is 11.8 Å². The molecule has 12 nitrogen and oxygen atoms in total. The molecular weight excluding hydrogens is 719 g/mol. The van der Waals surface area contributed by atoms with Crippen LogP contribution in [0.25, 0.3) is 0 Å². The number of carbonyl (C=O) groups excluding carboxylic acids is 3. The van der Waals surface area contributed by atoms with E-state index in [0.717, 1.165) is 6.92 Å². The maximum absolute atomic E-state index is 13.8. The standard InChI is InChI=1S/C38H36Cl2O12/c1-18(2)35(44)27-19(3)37-25-16-24(31(39)40)28(48-32(43)22-12-8-6-9-13-22)36(25,45)33(47-21(5)42)34(17-46-20(4)41)29(49-34)26(37)30(35)51-38(50-27,52-37)23-14-10-7-11-15-23/h6-16,19,26-30,33,44-45H,1,17H2,2-5H3/t19-,26+,27-,28+,29+,30-,33-,34?,35+,36-,37+,38?/m1/s1. The monoisotopic (exact) mass is 754 g/mol. The maximum Gasteiger partial charge on any atom is 0.338 e. The van der Waals surface area contributed by atoms with Gasteiger partial charge in [-0.15, -0.1) is 0 Å². The summed E-state index contributed by atoms with van der Waals surface area (Å²) >= 11 is 13.1. The molecule has 0 amide bonds. The molecule has 7 aliphatic rings. The Hall–Kier alpha value is -3.59. The molecule has 6 fully saturated rings. The van der Waals surface area contributed by atoms with E-state index in [2.05, 4.69) is 6.58 Å². The van der Waals surface area contributed by atoms with Gasteiger partial charge < -0.3 is 43.4 Å². The smallest absolute Gasteiger partial charge is 0.338 e. The van der Waals surface area contributed by atoms with Crippen molar-refractivity contribution >= 4 is 41.1 Å². The van der Waals surface area contributed by atoms with Crippen LogP contribution < -0.4 is 0 Å². The third-order valence-electron chi connectivity index (χ3n) is 11.5. The first kappa shape index (κ1) is 35.4. The molecule has 2 N–H and O–H groups in total. The zero-order valence-electron chi connectivity index (χ0n) is 28.5. The second kappa shape index (κ2) is 11.7. The minimum absolute atomic E-state index is 0.0277. The van der Waals surface area contributed by atoms with Gasteiger partial charge in [0.1, 0.15) is 40.6 Å². The van der Waals surface area contributed by atoms with Gasteiger partial charge in [-0.25, -0.2) is 4.79 Å². The van der Waals surface area contributed by atoms with Crippen molar-refractivity contribution in [3.63, 3.8) is 0 Å². The number of aliphatic hydroxyl groups is 2. The number of carbonyl (C=O) groups is 3. The van der Waals surface area contributed by atoms with E-state index in [1.807, 2.05) is 0 Å². The highest BCUT2D eigenvalue weighted by molar-refractivity contribution is 6.56. The summed E-state index contributed by atoms with van der Waals surface area (Å²) in [7, 11) is 0. The minimum atomic E-state index is -2.54. The van der Waals surface area contributed by atoms with Crippen LogP contribution in [0.2, 0.25) is 0 Å². The van der Waals surface area contributed by atoms with E-state index in [4.69, 9.17) is 56.4 Å². The molecule has 9 rings (SSSR count). The first-order valence-electron chi connectivity index (χ1n) is 16.8. The lowest BCUT2D eigenvalue weighted by atomic mass is 9.53. The number of rotatable bonds is 7. The lowest BCUT2D eigenvalue weighted by Crippen LogP contribution is -2.84. The van der Waals surface area contributed by atoms with Crippen LogP contribution in [0, 0.1) is 11.8 Å². The van der Waals surface area contributed by atoms with Crippen molar-refractivity contribution in [1.82, 2.24) is 0 Å². The Labute approximate surface area is 308 Å². The Bertz CT molecular complexity index is 1950. The highest BCUT2D eigenvalue weighted by Gasteiger charge is 2.90. The number of halogens is 2. The molecule has 12 atom stereocenters. The van der Waals surface area contributed by atoms with Gasteiger partial charge in [-0.3, -0.25) is 9.59 Å². The molecule has 14 heteroatoms. The molecule has 52 heavy (non-hydrogen) atoms. The van der Waals surface area contributed by atoms with Crippen LogP contribution in [0.1, 0.15) is 43.6 Å². The Balaban J connectivity index is 1.42. The van der Waals surface area contributed by atoms with E-state index in [0.29, 0.717) is 11.1 Å². The number of benzene rings is 2. The van der Waals surface area contributed by atoms with Gasteiger partial charge in [0.05, 0.1) is 11.5 Å². The van der Waals surface area contributed by atoms with Crippen molar-refractivity contribution in [2.45, 2.75) is 86.6 Å². The van der Waals surface area contributed by atoms with E-state index >= 15 is 0 Å². The van der Waals surface area contributed by atoms with Crippen LogP contribution in [0.5, 0.6) is 0 Å². The number of epoxide rings is 1. The van der Waals surface area contributed by atoms with E-state index in [1.54, 1.807) is 62.4 Å². The van der Waals surface area contributed by atoms with E-state index in [-0.39, 0.29) is 21.2 Å². The Morgan fingerprint density at radius 1 is 0.865 bits per heavy atom. The van der Waals surface area contributed by atoms with Crippen molar-refractivity contribution in [1.29, 1.82) is 0 Å². The minimum Gasteiger partial charge on any atom is -0.463 e. The molecule has 2 aromatic rings. The normalized spacial score (nSPS) is 41.8. The van der Waals surface area contributed by atoms with Crippen molar-refractivity contribution < 1.29 is 57.8 Å². The van der Waals surface area contributed by atoms with Crippen LogP contribution in [0.4, 0.5) is 0 Å². The second-order valence-electron chi connectivity index (χ2n) is 14.3. The average Bonchev–Trinajstić information content (AvgIpc) is 3.76. The van der Waals surface area contributed by atoms with Crippen LogP contribution in [-0.4, -0.2) is 87.7 Å². The zero-order valence-corrected chi connectivity index (χ0v) is 30.1. The molecule has 0 radical (unpaired) electrons. The fraction of sp³-hybridized carbons (Fsp3) is 0.447. The highest BCUT2D eigenvalue weighted by atomic mass is 35.5. The summed E-state index contributed by atoms with van der Waals surface area (Å²) in [4.78, 5) is 39.2. The quantitative estimate of drug-likeness (QED) is 0.180. The third-order valence-corrected chi connectivity index (χ3v) is 11.9. The fourth-order valence-corrected chi connectivity index (χ4v) is 9.62. The summed E-state index contributed by atoms with van der Waals surface area (Å²) in [6, 6.07) is 16.9. The molecule has 2 aromatic carbocycles. The molecule has 4 bridgehead atoms. The van der Waals surface area contributed by atoms with E-state index in [9.17, 15) is 24.6 Å². The van der Waals surface area contributed by atoms with Crippen LogP contribution in [0.3, 0.4) is 0 Å². The number of fused-ring (bicyclic) bond motifs is 2. The molecule has 4 aliphatic heterocycles. The second-order valence-corrected chi connectivity index (χ2v) is 15.3. The summed E-state index contributed by atoms with van der Waals surface area (Å²) in [5.74, 6) is -6.17. The van der Waals surface area contributed by atoms with Gasteiger partial charge in [-0.1, -0.05) is 85.2 Å². The molecule has 2 saturated carbocycles. The molecule has 4 heterocycles. The lowest BCUT2D eigenvalue weighted by Gasteiger charge is -2.71. The molecule has 0 aromatic heterocycles. The van der Waals surface area contributed by atoms with Crippen molar-refractivity contribution in [3.05, 3.63) is 106 Å². The molecule has 1 spiro atoms. The summed E-state index contributed by atoms with van der Waals surface area (Å²) in [6.07, 6.45) is -5.27. The highest BCUT2D eigenvalue weighted by Crippen LogP contribution is 2.74. The van der Waals surface area contributed by atoms with Crippen LogP contribution in [0.15, 0.2) is 94.5 Å². The molecule has 274 valence electrons. The SMILES string of the molecule is C=C(C)[C@@]1(O)[C@@H]2OC3(c4ccccc4)O[C@@H]1[C@@H](C)[C@]1(O3)C3=CC(=C(Cl)Cl)[C@H](OC(=O)c4ccccc4)[C@@]3(O)[C@H](OC(C)=O)C3(COC(C)=O)O[C@H]3[C@@H]21. The Kier molecular flexibility index (Phi) is 7.98. The van der Waals surface area contributed by atoms with E-state index in [1.165, 1.54) is 25.1 Å². The summed E-state index contributed by atoms with van der Waals surface area (Å²) in [6.45, 7) is 9.37. The summed E-state index contributed by atoms with van der Waals surface area (Å²) < 4.78 is 44.3. The summed E-state index contributed by atoms with van der Waals surface area (Å²) in [5, 5.41) is 26.3. The van der Waals surface area contributed by atoms with Crippen molar-refractivity contribution in [2.75, 3.05) is 6.61 Å². The molecular formula is C38H36Cl2O12. The number of esters is 3. The Morgan fingerprint density at radius 3 is 2.10 bits per heavy atom. The first-order valence-corrected chi connectivity index (χ1v) is 17.6. The van der Waals surface area contributed by atoms with Gasteiger partial charge in [-0.2, -0.15) is 0 Å². The molecule has 4 saturated heterocycles. The van der Waals surface area contributed by atoms with Gasteiger partial charge >= 0.3 is 23.9 Å². The number of hydrogen-bond acceptors (Lipinski definition) is 12. The largest absolute Gasteiger partial charge is 0.463 e. The number of ether oxygens (including phenoxy) is 7. The third kappa shape index (κ3) is 4.53. The zero-order chi connectivity index (χ0) is 37.2. The Morgan fingerprint density at radius 2 is 1.50 bits per heavy atom. The predicted octanol–water partition coefficient (Wildman–Crippen LogP) is 4.15. The van der Waals surface area contributed by atoms with Crippen LogP contribution in [-0.2, 0) is 48.7 Å². The van der Waals surface area contributed by atoms with Gasteiger partial charge in [0.15, 0.2) is 23.4 Å². The fourth-order valence-electron chi connectivity index (χ4n) is 9.32. The predicted molar refractivity (Wildman–Crippen MR) is 181 cm³/mol. The first-order chi connectivity index (χ1) is 24.6. The maximum atomic E-state index is 13.8. The van der Waals surface area contributed by atoms with Gasteiger partial charge in [0.25, 0.3) is 0 Å².